The fraction of sp³-hybridized carbons (Fsp3) is 0.949. The highest BCUT2D eigenvalue weighted by molar-refractivity contribution is 7.47. The van der Waals surface area contributed by atoms with Crippen molar-refractivity contribution in [2.24, 2.45) is 17.8 Å². The van der Waals surface area contributed by atoms with Gasteiger partial charge in [-0.15, -0.1) is 0 Å². The number of phosphoric ester groups is 2. The maximum Gasteiger partial charge on any atom is 0.472 e. The number of ether oxygens (including phenoxy) is 4. The Kier molecular flexibility index (Phi) is 67.1. The summed E-state index contributed by atoms with van der Waals surface area (Å²) in [6.45, 7) is 11.9. The number of carbonyl (C=O) groups is 4. The van der Waals surface area contributed by atoms with E-state index in [9.17, 15) is 43.2 Å². The Labute approximate surface area is 594 Å². The van der Waals surface area contributed by atoms with E-state index in [4.69, 9.17) is 37.0 Å². The fourth-order valence-corrected chi connectivity index (χ4v) is 13.5. The molecule has 576 valence electrons. The third-order valence-corrected chi connectivity index (χ3v) is 20.4. The molecule has 0 heterocycles. The lowest BCUT2D eigenvalue weighted by molar-refractivity contribution is -0.161. The van der Waals surface area contributed by atoms with Gasteiger partial charge in [0.1, 0.15) is 19.3 Å². The van der Waals surface area contributed by atoms with Gasteiger partial charge in [0.2, 0.25) is 0 Å². The minimum absolute atomic E-state index is 0.104. The quantitative estimate of drug-likeness (QED) is 0.0222. The predicted octanol–water partition coefficient (Wildman–Crippen LogP) is 23.0. The molecule has 0 spiro atoms. The van der Waals surface area contributed by atoms with Crippen molar-refractivity contribution in [2.45, 2.75) is 420 Å². The van der Waals surface area contributed by atoms with Crippen LogP contribution in [-0.4, -0.2) is 96.7 Å². The normalized spacial score (nSPS) is 14.3. The van der Waals surface area contributed by atoms with Crippen LogP contribution in [0.4, 0.5) is 0 Å². The summed E-state index contributed by atoms with van der Waals surface area (Å²) in [6, 6.07) is 0. The zero-order valence-corrected chi connectivity index (χ0v) is 65.3. The summed E-state index contributed by atoms with van der Waals surface area (Å²) >= 11 is 0. The second kappa shape index (κ2) is 68.5. The number of carbonyl (C=O) groups excluding carboxylic acids is 4. The molecule has 0 aromatic carbocycles. The van der Waals surface area contributed by atoms with E-state index in [1.165, 1.54) is 199 Å². The number of rotatable bonds is 76. The van der Waals surface area contributed by atoms with E-state index < -0.39 is 97.5 Å². The predicted molar refractivity (Wildman–Crippen MR) is 395 cm³/mol. The van der Waals surface area contributed by atoms with Gasteiger partial charge >= 0.3 is 39.5 Å². The van der Waals surface area contributed by atoms with E-state index >= 15 is 0 Å². The van der Waals surface area contributed by atoms with Gasteiger partial charge in [-0.25, -0.2) is 9.13 Å². The molecule has 0 aromatic heterocycles. The van der Waals surface area contributed by atoms with Crippen LogP contribution in [0.25, 0.3) is 0 Å². The molecule has 0 fully saturated rings. The highest BCUT2D eigenvalue weighted by Crippen LogP contribution is 2.45. The summed E-state index contributed by atoms with van der Waals surface area (Å²) in [6.07, 6.45) is 55.8. The van der Waals surface area contributed by atoms with Gasteiger partial charge in [0.05, 0.1) is 26.4 Å². The Morgan fingerprint density at radius 3 is 0.784 bits per heavy atom. The van der Waals surface area contributed by atoms with Gasteiger partial charge in [-0.1, -0.05) is 350 Å². The average Bonchev–Trinajstić information content (AvgIpc) is 1.17. The molecule has 3 unspecified atom stereocenters. The monoisotopic (exact) mass is 1420 g/mol. The number of aliphatic hydroxyl groups is 1. The second-order valence-corrected chi connectivity index (χ2v) is 32.2. The Bertz CT molecular complexity index is 1890. The summed E-state index contributed by atoms with van der Waals surface area (Å²) in [5.74, 6) is 0.267. The average molecular weight is 1420 g/mol. The molecule has 19 heteroatoms. The molecule has 17 nitrogen and oxygen atoms in total. The van der Waals surface area contributed by atoms with Crippen molar-refractivity contribution >= 4 is 39.5 Å². The van der Waals surface area contributed by atoms with Gasteiger partial charge in [0.15, 0.2) is 12.2 Å². The van der Waals surface area contributed by atoms with E-state index in [1.54, 1.807) is 0 Å². The van der Waals surface area contributed by atoms with Crippen LogP contribution < -0.4 is 0 Å². The van der Waals surface area contributed by atoms with E-state index in [1.807, 2.05) is 0 Å². The highest BCUT2D eigenvalue weighted by atomic mass is 31.2. The van der Waals surface area contributed by atoms with Gasteiger partial charge < -0.3 is 33.8 Å². The van der Waals surface area contributed by atoms with Crippen LogP contribution >= 0.6 is 15.6 Å². The van der Waals surface area contributed by atoms with Crippen LogP contribution in [0.2, 0.25) is 0 Å². The molecule has 0 amide bonds. The van der Waals surface area contributed by atoms with E-state index in [2.05, 4.69) is 48.5 Å². The van der Waals surface area contributed by atoms with Crippen LogP contribution in [0.5, 0.6) is 0 Å². The van der Waals surface area contributed by atoms with Crippen molar-refractivity contribution < 1.29 is 80.2 Å². The topological polar surface area (TPSA) is 237 Å². The van der Waals surface area contributed by atoms with Crippen LogP contribution in [-0.2, 0) is 65.4 Å². The number of unbranched alkanes of at least 4 members (excludes halogenated alkanes) is 43. The number of aliphatic hydroxyl groups excluding tert-OH is 1. The maximum absolute atomic E-state index is 13.1. The zero-order valence-electron chi connectivity index (χ0n) is 63.5. The van der Waals surface area contributed by atoms with Crippen molar-refractivity contribution in [3.8, 4) is 0 Å². The number of esters is 4. The van der Waals surface area contributed by atoms with Crippen molar-refractivity contribution in [1.82, 2.24) is 0 Å². The van der Waals surface area contributed by atoms with Crippen molar-refractivity contribution in [2.75, 3.05) is 39.6 Å². The summed E-state index contributed by atoms with van der Waals surface area (Å²) in [5.41, 5.74) is 0. The summed E-state index contributed by atoms with van der Waals surface area (Å²) in [5, 5.41) is 10.6. The van der Waals surface area contributed by atoms with E-state index in [0.29, 0.717) is 25.7 Å². The number of phosphoric acid groups is 2. The van der Waals surface area contributed by atoms with Crippen molar-refractivity contribution in [3.63, 3.8) is 0 Å². The lowest BCUT2D eigenvalue weighted by atomic mass is 9.99. The molecular weight excluding hydrogens is 1270 g/mol. The van der Waals surface area contributed by atoms with Gasteiger partial charge in [0, 0.05) is 25.7 Å². The zero-order chi connectivity index (χ0) is 71.6. The lowest BCUT2D eigenvalue weighted by Crippen LogP contribution is -2.30. The van der Waals surface area contributed by atoms with E-state index in [0.717, 1.165) is 120 Å². The largest absolute Gasteiger partial charge is 0.472 e. The molecule has 0 aliphatic heterocycles. The molecule has 0 aliphatic rings. The molecule has 0 radical (unpaired) electrons. The Morgan fingerprint density at radius 2 is 0.526 bits per heavy atom. The standard InChI is InChI=1S/C78H152O17P2/c1-8-10-11-12-35-45-52-59-75(80)88-65-73(95-78(83)62-55-48-41-34-33-37-43-50-57-70(5)6)67-92-96(84,85)90-63-72(79)64-91-97(86,87)93-68-74(66-89-76(81)60-53-46-39-31-27-23-20-19-22-26-30-38-44-51-58-71(7)9-2)94-77(82)61-54-47-40-32-28-24-18-16-14-13-15-17-21-25-29-36-42-49-56-69(3)4/h69-74,79H,8-68H2,1-7H3,(H,84,85)(H,86,87)/t71?,72-,73+,74+/m0/s1. The molecule has 0 aliphatic carbocycles. The molecule has 0 aromatic rings. The summed E-state index contributed by atoms with van der Waals surface area (Å²) in [7, 11) is -9.91. The Balaban J connectivity index is 5.17. The Hall–Kier alpha value is -1.94. The maximum atomic E-state index is 13.1. The molecule has 6 atom stereocenters. The van der Waals surface area contributed by atoms with Crippen LogP contribution in [0, 0.1) is 17.8 Å². The first kappa shape index (κ1) is 95.1. The lowest BCUT2D eigenvalue weighted by Gasteiger charge is -2.21. The fourth-order valence-electron chi connectivity index (χ4n) is 11.9. The van der Waals surface area contributed by atoms with Crippen LogP contribution in [0.1, 0.15) is 402 Å². The smallest absolute Gasteiger partial charge is 0.462 e. The van der Waals surface area contributed by atoms with Gasteiger partial charge in [0.25, 0.3) is 0 Å². The minimum atomic E-state index is -4.96. The molecule has 97 heavy (non-hydrogen) atoms. The molecule has 0 saturated carbocycles. The van der Waals surface area contributed by atoms with E-state index in [-0.39, 0.29) is 25.7 Å². The summed E-state index contributed by atoms with van der Waals surface area (Å²) < 4.78 is 68.4. The minimum Gasteiger partial charge on any atom is -0.462 e. The van der Waals surface area contributed by atoms with Gasteiger partial charge in [-0.3, -0.25) is 37.3 Å². The summed E-state index contributed by atoms with van der Waals surface area (Å²) in [4.78, 5) is 72.7. The molecule has 3 N–H and O–H groups in total. The van der Waals surface area contributed by atoms with Crippen LogP contribution in [0.15, 0.2) is 0 Å². The van der Waals surface area contributed by atoms with Gasteiger partial charge in [-0.05, 0) is 43.4 Å². The van der Waals surface area contributed by atoms with Gasteiger partial charge in [-0.2, -0.15) is 0 Å². The third-order valence-electron chi connectivity index (χ3n) is 18.5. The first-order chi connectivity index (χ1) is 46.8. The van der Waals surface area contributed by atoms with Crippen molar-refractivity contribution in [3.05, 3.63) is 0 Å². The molecular formula is C78H152O17P2. The second-order valence-electron chi connectivity index (χ2n) is 29.3. The first-order valence-electron chi connectivity index (χ1n) is 40.4. The SMILES string of the molecule is CCCCCCCCCC(=O)OC[C@H](COP(=O)(O)OC[C@H](O)COP(=O)(O)OC[C@@H](COC(=O)CCCCCCCCCCCCCCCCC(C)CC)OC(=O)CCCCCCCCCCCCCCCCCCCCC(C)C)OC(=O)CCCCCCCCCCC(C)C. The number of hydrogen-bond acceptors (Lipinski definition) is 15. The Morgan fingerprint density at radius 1 is 0.299 bits per heavy atom. The third kappa shape index (κ3) is 70.9. The number of hydrogen-bond donors (Lipinski definition) is 3. The molecule has 0 bridgehead atoms. The van der Waals surface area contributed by atoms with Crippen LogP contribution in [0.3, 0.4) is 0 Å². The molecule has 0 saturated heterocycles. The highest BCUT2D eigenvalue weighted by Gasteiger charge is 2.30. The van der Waals surface area contributed by atoms with Crippen molar-refractivity contribution in [1.29, 1.82) is 0 Å². The first-order valence-corrected chi connectivity index (χ1v) is 43.4. The molecule has 0 rings (SSSR count).